The van der Waals surface area contributed by atoms with Gasteiger partial charge in [0, 0.05) is 23.6 Å². The number of alkyl halides is 3. The first-order valence-electron chi connectivity index (χ1n) is 7.63. The maximum atomic E-state index is 12.9. The molecule has 1 aromatic carbocycles. The summed E-state index contributed by atoms with van der Waals surface area (Å²) in [5.74, 6) is -0.945. The van der Waals surface area contributed by atoms with E-state index in [-0.39, 0.29) is 11.9 Å². The Morgan fingerprint density at radius 1 is 1.29 bits per heavy atom. The van der Waals surface area contributed by atoms with Gasteiger partial charge in [0.1, 0.15) is 0 Å². The summed E-state index contributed by atoms with van der Waals surface area (Å²) in [5.41, 5.74) is 0.482. The molecular weight excluding hydrogens is 359 g/mol. The van der Waals surface area contributed by atoms with E-state index >= 15 is 0 Å². The average Bonchev–Trinajstić information content (AvgIpc) is 3.17. The fourth-order valence-electron chi connectivity index (χ4n) is 2.83. The molecule has 0 bridgehead atoms. The van der Waals surface area contributed by atoms with E-state index in [4.69, 9.17) is 11.6 Å². The normalized spacial score (nSPS) is 18.7. The summed E-state index contributed by atoms with van der Waals surface area (Å²) < 4.78 is 43.2. The van der Waals surface area contributed by atoms with Gasteiger partial charge in [-0.3, -0.25) is 5.09 Å². The van der Waals surface area contributed by atoms with Crippen molar-refractivity contribution in [2.24, 2.45) is 0 Å². The standard InChI is InChI=1S/C15H17ClF2N3O2P/c1-24(22,21-11-4-2-3-5-11)12-8-6-10(7-9-12)13-19-14(23-20-13)15(16,17)18/h6-9,11H,2-5H2,1H3,(H,21,22). The van der Waals surface area contributed by atoms with Crippen LogP contribution in [0.2, 0.25) is 0 Å². The lowest BCUT2D eigenvalue weighted by Crippen LogP contribution is -2.27. The van der Waals surface area contributed by atoms with Crippen LogP contribution in [0, 0.1) is 0 Å². The summed E-state index contributed by atoms with van der Waals surface area (Å²) in [7, 11) is -2.68. The van der Waals surface area contributed by atoms with Crippen LogP contribution in [0.5, 0.6) is 0 Å². The quantitative estimate of drug-likeness (QED) is 0.629. The molecule has 1 heterocycles. The molecule has 1 saturated carbocycles. The van der Waals surface area contributed by atoms with Crippen LogP contribution in [-0.2, 0) is 9.95 Å². The van der Waals surface area contributed by atoms with Crippen molar-refractivity contribution in [3.8, 4) is 11.4 Å². The Morgan fingerprint density at radius 2 is 1.92 bits per heavy atom. The zero-order chi connectivity index (χ0) is 17.4. The second-order valence-electron chi connectivity index (χ2n) is 6.00. The van der Waals surface area contributed by atoms with Crippen LogP contribution >= 0.6 is 18.9 Å². The third-order valence-electron chi connectivity index (χ3n) is 4.07. The van der Waals surface area contributed by atoms with Crippen molar-refractivity contribution < 1.29 is 17.9 Å². The number of nitrogens with one attached hydrogen (secondary N) is 1. The second kappa shape index (κ2) is 6.54. The molecule has 5 nitrogen and oxygen atoms in total. The van der Waals surface area contributed by atoms with Gasteiger partial charge >= 0.3 is 11.3 Å². The number of halogens is 3. The molecule has 1 N–H and O–H groups in total. The number of rotatable bonds is 5. The van der Waals surface area contributed by atoms with Gasteiger partial charge in [0.2, 0.25) is 5.82 Å². The Hall–Kier alpha value is -1.30. The summed E-state index contributed by atoms with van der Waals surface area (Å²) >= 11 is 4.85. The number of nitrogens with zero attached hydrogens (tertiary/aromatic N) is 2. The Bertz CT molecular complexity index is 755. The predicted molar refractivity (Wildman–Crippen MR) is 88.0 cm³/mol. The molecule has 0 amide bonds. The Labute approximate surface area is 143 Å². The van der Waals surface area contributed by atoms with Crippen LogP contribution in [0.1, 0.15) is 31.6 Å². The highest BCUT2D eigenvalue weighted by Crippen LogP contribution is 2.38. The van der Waals surface area contributed by atoms with Gasteiger partial charge in [-0.25, -0.2) is 0 Å². The van der Waals surface area contributed by atoms with Crippen molar-refractivity contribution in [1.82, 2.24) is 15.2 Å². The largest absolute Gasteiger partial charge is 0.400 e. The minimum absolute atomic E-state index is 0.00608. The zero-order valence-corrected chi connectivity index (χ0v) is 14.7. The summed E-state index contributed by atoms with van der Waals surface area (Å²) in [6.45, 7) is 1.70. The third-order valence-corrected chi connectivity index (χ3v) is 6.37. The fraction of sp³-hybridized carbons (Fsp3) is 0.467. The summed E-state index contributed by atoms with van der Waals surface area (Å²) in [4.78, 5) is 3.58. The van der Waals surface area contributed by atoms with Gasteiger partial charge in [0.25, 0.3) is 0 Å². The molecule has 1 aliphatic carbocycles. The molecule has 0 saturated heterocycles. The molecule has 130 valence electrons. The van der Waals surface area contributed by atoms with E-state index in [1.807, 2.05) is 0 Å². The monoisotopic (exact) mass is 375 g/mol. The van der Waals surface area contributed by atoms with E-state index in [9.17, 15) is 13.3 Å². The maximum Gasteiger partial charge on any atom is 0.400 e. The lowest BCUT2D eigenvalue weighted by molar-refractivity contribution is 0.0551. The molecule has 3 rings (SSSR count). The number of aromatic nitrogens is 2. The Morgan fingerprint density at radius 3 is 2.46 bits per heavy atom. The van der Waals surface area contributed by atoms with Crippen LogP contribution in [0.25, 0.3) is 11.4 Å². The zero-order valence-electron chi connectivity index (χ0n) is 13.0. The minimum Gasteiger partial charge on any atom is -0.331 e. The molecule has 0 aliphatic heterocycles. The van der Waals surface area contributed by atoms with Crippen molar-refractivity contribution in [3.63, 3.8) is 0 Å². The van der Waals surface area contributed by atoms with E-state index in [2.05, 4.69) is 19.8 Å². The van der Waals surface area contributed by atoms with E-state index in [1.54, 1.807) is 30.9 Å². The SMILES string of the molecule is CP(=O)(NC1CCCC1)c1ccc(-c2noc(C(F)(F)Cl)n2)cc1. The van der Waals surface area contributed by atoms with Gasteiger partial charge in [0.15, 0.2) is 7.29 Å². The molecule has 24 heavy (non-hydrogen) atoms. The molecule has 9 heteroatoms. The minimum atomic E-state index is -3.70. The molecule has 1 unspecified atom stereocenters. The maximum absolute atomic E-state index is 12.9. The third kappa shape index (κ3) is 3.85. The topological polar surface area (TPSA) is 68.0 Å². The van der Waals surface area contributed by atoms with E-state index < -0.39 is 18.6 Å². The molecule has 1 fully saturated rings. The average molecular weight is 376 g/mol. The van der Waals surface area contributed by atoms with Crippen LogP contribution in [0.15, 0.2) is 28.8 Å². The van der Waals surface area contributed by atoms with Gasteiger partial charge in [-0.1, -0.05) is 30.1 Å². The Balaban J connectivity index is 1.77. The van der Waals surface area contributed by atoms with Crippen molar-refractivity contribution in [1.29, 1.82) is 0 Å². The van der Waals surface area contributed by atoms with Gasteiger partial charge in [-0.15, -0.1) is 0 Å². The lowest BCUT2D eigenvalue weighted by atomic mass is 10.2. The van der Waals surface area contributed by atoms with Crippen molar-refractivity contribution in [3.05, 3.63) is 30.2 Å². The molecule has 2 aromatic rings. The molecule has 1 atom stereocenters. The highest BCUT2D eigenvalue weighted by molar-refractivity contribution is 7.69. The molecule has 0 spiro atoms. The smallest absolute Gasteiger partial charge is 0.331 e. The highest BCUT2D eigenvalue weighted by atomic mass is 35.5. The molecule has 0 radical (unpaired) electrons. The Kier molecular flexibility index (Phi) is 4.78. The van der Waals surface area contributed by atoms with E-state index in [1.165, 1.54) is 0 Å². The van der Waals surface area contributed by atoms with Crippen LogP contribution in [0.3, 0.4) is 0 Å². The summed E-state index contributed by atoms with van der Waals surface area (Å²) in [6.07, 6.45) is 4.38. The first kappa shape index (κ1) is 17.5. The van der Waals surface area contributed by atoms with Crippen molar-refractivity contribution >= 4 is 24.2 Å². The van der Waals surface area contributed by atoms with Gasteiger partial charge in [-0.2, -0.15) is 13.8 Å². The molecule has 1 aromatic heterocycles. The lowest BCUT2D eigenvalue weighted by Gasteiger charge is -2.20. The number of hydrogen-bond donors (Lipinski definition) is 1. The predicted octanol–water partition coefficient (Wildman–Crippen LogP) is 4.09. The molecule has 1 aliphatic rings. The van der Waals surface area contributed by atoms with Gasteiger partial charge < -0.3 is 9.09 Å². The summed E-state index contributed by atoms with van der Waals surface area (Å²) in [5, 5.41) is 3.71. The second-order valence-corrected chi connectivity index (χ2v) is 9.10. The highest BCUT2D eigenvalue weighted by Gasteiger charge is 2.35. The summed E-state index contributed by atoms with van der Waals surface area (Å²) in [6, 6.07) is 6.91. The van der Waals surface area contributed by atoms with Gasteiger partial charge in [-0.05, 0) is 36.6 Å². The fourth-order valence-corrected chi connectivity index (χ4v) is 4.73. The molecular formula is C15H17ClF2N3O2P. The van der Waals surface area contributed by atoms with E-state index in [0.717, 1.165) is 25.7 Å². The number of hydrogen-bond acceptors (Lipinski definition) is 4. The van der Waals surface area contributed by atoms with Crippen molar-refractivity contribution in [2.45, 2.75) is 37.1 Å². The van der Waals surface area contributed by atoms with Crippen LogP contribution < -0.4 is 10.4 Å². The van der Waals surface area contributed by atoms with Crippen LogP contribution in [-0.4, -0.2) is 22.8 Å². The van der Waals surface area contributed by atoms with Gasteiger partial charge in [0.05, 0.1) is 0 Å². The van der Waals surface area contributed by atoms with Crippen LogP contribution in [0.4, 0.5) is 8.78 Å². The van der Waals surface area contributed by atoms with E-state index in [0.29, 0.717) is 10.9 Å². The number of benzene rings is 1. The first-order valence-corrected chi connectivity index (χ1v) is 10.2. The van der Waals surface area contributed by atoms with Crippen molar-refractivity contribution in [2.75, 3.05) is 6.66 Å². The first-order chi connectivity index (χ1) is 11.3.